The van der Waals surface area contributed by atoms with Gasteiger partial charge in [-0.15, -0.1) is 0 Å². The van der Waals surface area contributed by atoms with Crippen molar-refractivity contribution >= 4 is 0 Å². The number of benzene rings is 1. The van der Waals surface area contributed by atoms with E-state index in [1.54, 1.807) is 7.11 Å². The van der Waals surface area contributed by atoms with Crippen LogP contribution in [-0.2, 0) is 13.0 Å². The molecule has 112 valence electrons. The summed E-state index contributed by atoms with van der Waals surface area (Å²) in [5, 5.41) is 12.7. The first-order valence-corrected chi connectivity index (χ1v) is 7.70. The molecule has 1 fully saturated rings. The summed E-state index contributed by atoms with van der Waals surface area (Å²) in [7, 11) is 1.71. The normalized spacial score (nSPS) is 27.0. The van der Waals surface area contributed by atoms with E-state index in [1.807, 2.05) is 0 Å². The van der Waals surface area contributed by atoms with Crippen LogP contribution in [0.25, 0.3) is 0 Å². The van der Waals surface area contributed by atoms with Crippen LogP contribution in [0, 0.1) is 17.2 Å². The molecule has 4 nitrogen and oxygen atoms in total. The van der Waals surface area contributed by atoms with Gasteiger partial charge in [0.2, 0.25) is 0 Å². The maximum atomic E-state index is 9.16. The largest absolute Gasteiger partial charge is 0.496 e. The first-order chi connectivity index (χ1) is 10.2. The lowest BCUT2D eigenvalue weighted by Gasteiger charge is -2.17. The summed E-state index contributed by atoms with van der Waals surface area (Å²) in [5.74, 6) is 2.02. The number of hydrogen-bond acceptors (Lipinski definition) is 4. The highest BCUT2D eigenvalue weighted by atomic mass is 16.5. The summed E-state index contributed by atoms with van der Waals surface area (Å²) in [6.45, 7) is 2.80. The zero-order valence-electron chi connectivity index (χ0n) is 12.7. The van der Waals surface area contributed by atoms with Gasteiger partial charge in [-0.05, 0) is 31.9 Å². The Bertz CT molecular complexity index is 565. The monoisotopic (exact) mass is 286 g/mol. The Kier molecular flexibility index (Phi) is 4.03. The van der Waals surface area contributed by atoms with Crippen molar-refractivity contribution in [3.05, 3.63) is 23.3 Å². The SMILES string of the molecule is COc1cc2c(cc1CNC1CCCC1C#N)OC(C)C2. The molecule has 0 saturated heterocycles. The molecule has 4 heteroatoms. The second-order valence-electron chi connectivity index (χ2n) is 6.06. The Hall–Kier alpha value is -1.73. The van der Waals surface area contributed by atoms with Crippen molar-refractivity contribution in [1.82, 2.24) is 5.32 Å². The minimum Gasteiger partial charge on any atom is -0.496 e. The van der Waals surface area contributed by atoms with E-state index in [9.17, 15) is 0 Å². The average molecular weight is 286 g/mol. The van der Waals surface area contributed by atoms with Crippen LogP contribution in [0.5, 0.6) is 11.5 Å². The van der Waals surface area contributed by atoms with Crippen LogP contribution >= 0.6 is 0 Å². The smallest absolute Gasteiger partial charge is 0.123 e. The standard InChI is InChI=1S/C17H22N2O2/c1-11-6-13-7-16(20-2)14(8-17(13)21-11)10-19-15-5-3-4-12(15)9-18/h7-8,11-12,15,19H,3-6,10H2,1-2H3. The summed E-state index contributed by atoms with van der Waals surface area (Å²) >= 11 is 0. The maximum absolute atomic E-state index is 9.16. The highest BCUT2D eigenvalue weighted by molar-refractivity contribution is 5.48. The number of fused-ring (bicyclic) bond motifs is 1. The van der Waals surface area contributed by atoms with E-state index in [1.165, 1.54) is 5.56 Å². The number of nitrogens with one attached hydrogen (secondary N) is 1. The lowest BCUT2D eigenvalue weighted by atomic mass is 10.0. The van der Waals surface area contributed by atoms with E-state index in [0.717, 1.165) is 49.3 Å². The molecule has 2 aliphatic rings. The Morgan fingerprint density at radius 3 is 3.05 bits per heavy atom. The van der Waals surface area contributed by atoms with Crippen molar-refractivity contribution < 1.29 is 9.47 Å². The van der Waals surface area contributed by atoms with Crippen LogP contribution in [-0.4, -0.2) is 19.3 Å². The summed E-state index contributed by atoms with van der Waals surface area (Å²) in [6, 6.07) is 6.88. The third kappa shape index (κ3) is 2.84. The van der Waals surface area contributed by atoms with Crippen molar-refractivity contribution in [2.24, 2.45) is 5.92 Å². The van der Waals surface area contributed by atoms with E-state index in [4.69, 9.17) is 14.7 Å². The predicted molar refractivity (Wildman–Crippen MR) is 80.4 cm³/mol. The first kappa shape index (κ1) is 14.2. The van der Waals surface area contributed by atoms with E-state index in [0.29, 0.717) is 6.04 Å². The summed E-state index contributed by atoms with van der Waals surface area (Å²) < 4.78 is 11.3. The van der Waals surface area contributed by atoms with E-state index in [-0.39, 0.29) is 12.0 Å². The molecule has 3 unspecified atom stereocenters. The van der Waals surface area contributed by atoms with Crippen molar-refractivity contribution in [2.75, 3.05) is 7.11 Å². The van der Waals surface area contributed by atoms with E-state index < -0.39 is 0 Å². The van der Waals surface area contributed by atoms with Crippen LogP contribution in [0.4, 0.5) is 0 Å². The second kappa shape index (κ2) is 5.95. The quantitative estimate of drug-likeness (QED) is 0.924. The lowest BCUT2D eigenvalue weighted by Crippen LogP contribution is -2.31. The van der Waals surface area contributed by atoms with Gasteiger partial charge in [0.15, 0.2) is 0 Å². The lowest BCUT2D eigenvalue weighted by molar-refractivity contribution is 0.254. The fraction of sp³-hybridized carbons (Fsp3) is 0.588. The summed E-state index contributed by atoms with van der Waals surface area (Å²) in [5.41, 5.74) is 2.33. The molecule has 1 saturated carbocycles. The molecule has 1 aromatic carbocycles. The fourth-order valence-corrected chi connectivity index (χ4v) is 3.41. The average Bonchev–Trinajstić information content (AvgIpc) is 3.08. The number of ether oxygens (including phenoxy) is 2. The molecule has 3 atom stereocenters. The number of hydrogen-bond donors (Lipinski definition) is 1. The fourth-order valence-electron chi connectivity index (χ4n) is 3.41. The van der Waals surface area contributed by atoms with Crippen molar-refractivity contribution in [3.63, 3.8) is 0 Å². The minimum atomic E-state index is 0.140. The van der Waals surface area contributed by atoms with E-state index in [2.05, 4.69) is 30.4 Å². The highest BCUT2D eigenvalue weighted by Gasteiger charge is 2.27. The van der Waals surface area contributed by atoms with Crippen LogP contribution in [0.1, 0.15) is 37.3 Å². The molecule has 0 spiro atoms. The third-order valence-corrected chi connectivity index (χ3v) is 4.54. The van der Waals surface area contributed by atoms with Crippen molar-refractivity contribution in [3.8, 4) is 17.6 Å². The molecule has 3 rings (SSSR count). The Balaban J connectivity index is 1.73. The van der Waals surface area contributed by atoms with Gasteiger partial charge in [-0.2, -0.15) is 5.26 Å². The molecule has 0 radical (unpaired) electrons. The van der Waals surface area contributed by atoms with Gasteiger partial charge >= 0.3 is 0 Å². The zero-order chi connectivity index (χ0) is 14.8. The van der Waals surface area contributed by atoms with Gasteiger partial charge in [-0.3, -0.25) is 0 Å². The molecular weight excluding hydrogens is 264 g/mol. The van der Waals surface area contributed by atoms with Gasteiger partial charge in [0.05, 0.1) is 19.1 Å². The molecule has 1 aliphatic heterocycles. The van der Waals surface area contributed by atoms with Crippen LogP contribution in [0.2, 0.25) is 0 Å². The molecule has 1 heterocycles. The number of rotatable bonds is 4. The highest BCUT2D eigenvalue weighted by Crippen LogP contribution is 2.35. The molecule has 1 N–H and O–H groups in total. The van der Waals surface area contributed by atoms with Gasteiger partial charge in [0.25, 0.3) is 0 Å². The Morgan fingerprint density at radius 1 is 1.43 bits per heavy atom. The van der Waals surface area contributed by atoms with Crippen LogP contribution < -0.4 is 14.8 Å². The molecule has 1 aliphatic carbocycles. The van der Waals surface area contributed by atoms with Gasteiger partial charge in [0.1, 0.15) is 17.6 Å². The molecule has 0 aromatic heterocycles. The Labute approximate surface area is 126 Å². The third-order valence-electron chi connectivity index (χ3n) is 4.54. The minimum absolute atomic E-state index is 0.140. The molecule has 21 heavy (non-hydrogen) atoms. The first-order valence-electron chi connectivity index (χ1n) is 7.70. The maximum Gasteiger partial charge on any atom is 0.123 e. The summed E-state index contributed by atoms with van der Waals surface area (Å²) in [6.07, 6.45) is 4.41. The van der Waals surface area contributed by atoms with Gasteiger partial charge in [0, 0.05) is 30.1 Å². The topological polar surface area (TPSA) is 54.3 Å². The predicted octanol–water partition coefficient (Wildman–Crippen LogP) is 2.80. The van der Waals surface area contributed by atoms with Gasteiger partial charge in [-0.25, -0.2) is 0 Å². The molecular formula is C17H22N2O2. The number of methoxy groups -OCH3 is 1. The molecule has 0 bridgehead atoms. The molecule has 0 amide bonds. The number of nitriles is 1. The van der Waals surface area contributed by atoms with Crippen molar-refractivity contribution in [1.29, 1.82) is 5.26 Å². The second-order valence-corrected chi connectivity index (χ2v) is 6.06. The van der Waals surface area contributed by atoms with E-state index >= 15 is 0 Å². The van der Waals surface area contributed by atoms with Crippen molar-refractivity contribution in [2.45, 2.75) is 51.3 Å². The summed E-state index contributed by atoms with van der Waals surface area (Å²) in [4.78, 5) is 0. The number of nitrogens with zero attached hydrogens (tertiary/aromatic N) is 1. The zero-order valence-corrected chi connectivity index (χ0v) is 12.7. The van der Waals surface area contributed by atoms with Crippen LogP contribution in [0.3, 0.4) is 0 Å². The van der Waals surface area contributed by atoms with Gasteiger partial charge < -0.3 is 14.8 Å². The van der Waals surface area contributed by atoms with Crippen LogP contribution in [0.15, 0.2) is 12.1 Å². The molecule has 1 aromatic rings. The Morgan fingerprint density at radius 2 is 2.29 bits per heavy atom. The van der Waals surface area contributed by atoms with Gasteiger partial charge in [-0.1, -0.05) is 6.42 Å².